The van der Waals surface area contributed by atoms with Crippen molar-refractivity contribution in [2.45, 2.75) is 19.5 Å². The van der Waals surface area contributed by atoms with Gasteiger partial charge in [0, 0.05) is 38.4 Å². The molecule has 1 atom stereocenters. The normalized spacial score (nSPS) is 22.9. The molecule has 0 spiro atoms. The Morgan fingerprint density at radius 3 is 3.20 bits per heavy atom. The van der Waals surface area contributed by atoms with Crippen molar-refractivity contribution >= 4 is 0 Å². The molecule has 15 heavy (non-hydrogen) atoms. The molecule has 0 amide bonds. The summed E-state index contributed by atoms with van der Waals surface area (Å²) in [7, 11) is 0. The van der Waals surface area contributed by atoms with Crippen LogP contribution in [0, 0.1) is 5.82 Å². The van der Waals surface area contributed by atoms with Crippen LogP contribution in [0.2, 0.25) is 0 Å². The van der Waals surface area contributed by atoms with E-state index in [2.05, 4.69) is 22.1 Å². The summed E-state index contributed by atoms with van der Waals surface area (Å²) in [6, 6.07) is 2.07. The van der Waals surface area contributed by atoms with Gasteiger partial charge in [0.25, 0.3) is 0 Å². The van der Waals surface area contributed by atoms with Crippen molar-refractivity contribution < 1.29 is 4.39 Å². The summed E-state index contributed by atoms with van der Waals surface area (Å²) in [4.78, 5) is 6.17. The van der Waals surface area contributed by atoms with Gasteiger partial charge in [-0.1, -0.05) is 0 Å². The van der Waals surface area contributed by atoms with Crippen molar-refractivity contribution in [3.05, 3.63) is 29.8 Å². The molecule has 3 nitrogen and oxygen atoms in total. The van der Waals surface area contributed by atoms with Gasteiger partial charge in [-0.25, -0.2) is 4.39 Å². The van der Waals surface area contributed by atoms with Gasteiger partial charge in [-0.3, -0.25) is 9.88 Å². The number of rotatable bonds is 2. The molecule has 1 saturated heterocycles. The topological polar surface area (TPSA) is 28.2 Å². The summed E-state index contributed by atoms with van der Waals surface area (Å²) in [5.41, 5.74) is 0.948. The Morgan fingerprint density at radius 2 is 2.47 bits per heavy atom. The number of halogens is 1. The fourth-order valence-electron chi connectivity index (χ4n) is 1.96. The highest BCUT2D eigenvalue weighted by molar-refractivity contribution is 5.10. The van der Waals surface area contributed by atoms with Crippen LogP contribution in [0.3, 0.4) is 0 Å². The summed E-state index contributed by atoms with van der Waals surface area (Å²) >= 11 is 0. The molecule has 2 rings (SSSR count). The van der Waals surface area contributed by atoms with Crippen LogP contribution >= 0.6 is 0 Å². The highest BCUT2D eigenvalue weighted by atomic mass is 19.1. The molecule has 1 aromatic rings. The Labute approximate surface area is 89.3 Å². The van der Waals surface area contributed by atoms with E-state index in [0.717, 1.165) is 31.7 Å². The zero-order chi connectivity index (χ0) is 10.7. The highest BCUT2D eigenvalue weighted by Gasteiger charge is 2.15. The van der Waals surface area contributed by atoms with Crippen LogP contribution in [0.1, 0.15) is 12.5 Å². The standard InChI is InChI=1S/C11H16FN3/c1-9-7-15(3-2-14-9)8-10-4-11(12)6-13-5-10/h4-6,9,14H,2-3,7-8H2,1H3/t9-/m1/s1. The molecule has 0 aliphatic carbocycles. The maximum atomic E-state index is 12.9. The van der Waals surface area contributed by atoms with Gasteiger partial charge in [-0.2, -0.15) is 0 Å². The summed E-state index contributed by atoms with van der Waals surface area (Å²) < 4.78 is 12.9. The average Bonchev–Trinajstić information content (AvgIpc) is 2.17. The van der Waals surface area contributed by atoms with Gasteiger partial charge in [-0.15, -0.1) is 0 Å². The first-order chi connectivity index (χ1) is 7.24. The minimum Gasteiger partial charge on any atom is -0.312 e. The quantitative estimate of drug-likeness (QED) is 0.788. The van der Waals surface area contributed by atoms with E-state index in [9.17, 15) is 4.39 Å². The van der Waals surface area contributed by atoms with Crippen LogP contribution in [0.5, 0.6) is 0 Å². The molecule has 0 unspecified atom stereocenters. The number of piperazine rings is 1. The van der Waals surface area contributed by atoms with Gasteiger partial charge in [0.1, 0.15) is 5.82 Å². The predicted octanol–water partition coefficient (Wildman–Crippen LogP) is 1.01. The van der Waals surface area contributed by atoms with Crippen molar-refractivity contribution in [3.63, 3.8) is 0 Å². The van der Waals surface area contributed by atoms with Crippen LogP contribution in [0.25, 0.3) is 0 Å². The van der Waals surface area contributed by atoms with Crippen molar-refractivity contribution in [3.8, 4) is 0 Å². The van der Waals surface area contributed by atoms with Crippen LogP contribution in [-0.4, -0.2) is 35.6 Å². The molecule has 0 saturated carbocycles. The fourth-order valence-corrected chi connectivity index (χ4v) is 1.96. The number of pyridine rings is 1. The van der Waals surface area contributed by atoms with E-state index >= 15 is 0 Å². The Balaban J connectivity index is 1.96. The van der Waals surface area contributed by atoms with E-state index in [-0.39, 0.29) is 5.82 Å². The van der Waals surface area contributed by atoms with E-state index in [0.29, 0.717) is 6.04 Å². The average molecular weight is 209 g/mol. The minimum absolute atomic E-state index is 0.254. The predicted molar refractivity (Wildman–Crippen MR) is 56.9 cm³/mol. The van der Waals surface area contributed by atoms with Crippen molar-refractivity contribution in [2.24, 2.45) is 0 Å². The maximum Gasteiger partial charge on any atom is 0.141 e. The van der Waals surface area contributed by atoms with Crippen LogP contribution in [-0.2, 0) is 6.54 Å². The second kappa shape index (κ2) is 4.68. The zero-order valence-corrected chi connectivity index (χ0v) is 8.91. The molecular formula is C11H16FN3. The Morgan fingerprint density at radius 1 is 1.60 bits per heavy atom. The van der Waals surface area contributed by atoms with Crippen LogP contribution < -0.4 is 5.32 Å². The molecule has 0 aromatic carbocycles. The third-order valence-electron chi connectivity index (χ3n) is 2.62. The molecule has 1 fully saturated rings. The maximum absolute atomic E-state index is 12.9. The number of hydrogen-bond acceptors (Lipinski definition) is 3. The molecule has 1 aliphatic rings. The highest BCUT2D eigenvalue weighted by Crippen LogP contribution is 2.07. The molecule has 0 radical (unpaired) electrons. The lowest BCUT2D eigenvalue weighted by molar-refractivity contribution is 0.199. The van der Waals surface area contributed by atoms with E-state index in [4.69, 9.17) is 0 Å². The van der Waals surface area contributed by atoms with Gasteiger partial charge in [0.15, 0.2) is 0 Å². The molecule has 0 bridgehead atoms. The second-order valence-corrected chi connectivity index (χ2v) is 4.10. The lowest BCUT2D eigenvalue weighted by Crippen LogP contribution is -2.48. The number of hydrogen-bond donors (Lipinski definition) is 1. The lowest BCUT2D eigenvalue weighted by atomic mass is 10.2. The third kappa shape index (κ3) is 2.97. The van der Waals surface area contributed by atoms with Gasteiger partial charge in [-0.05, 0) is 18.6 Å². The van der Waals surface area contributed by atoms with Gasteiger partial charge < -0.3 is 5.32 Å². The van der Waals surface area contributed by atoms with Crippen molar-refractivity contribution in [1.29, 1.82) is 0 Å². The molecular weight excluding hydrogens is 193 g/mol. The smallest absolute Gasteiger partial charge is 0.141 e. The second-order valence-electron chi connectivity index (χ2n) is 4.10. The minimum atomic E-state index is -0.254. The van der Waals surface area contributed by atoms with E-state index in [1.54, 1.807) is 12.3 Å². The summed E-state index contributed by atoms with van der Waals surface area (Å²) in [6.07, 6.45) is 2.97. The Kier molecular flexibility index (Phi) is 3.28. The monoisotopic (exact) mass is 209 g/mol. The molecule has 4 heteroatoms. The first-order valence-electron chi connectivity index (χ1n) is 5.29. The Hall–Kier alpha value is -1.00. The lowest BCUT2D eigenvalue weighted by Gasteiger charge is -2.31. The van der Waals surface area contributed by atoms with E-state index in [1.807, 2.05) is 0 Å². The first-order valence-corrected chi connectivity index (χ1v) is 5.29. The van der Waals surface area contributed by atoms with Crippen molar-refractivity contribution in [1.82, 2.24) is 15.2 Å². The van der Waals surface area contributed by atoms with E-state index in [1.165, 1.54) is 6.20 Å². The number of nitrogens with zero attached hydrogens (tertiary/aromatic N) is 2. The third-order valence-corrected chi connectivity index (χ3v) is 2.62. The molecule has 1 N–H and O–H groups in total. The number of nitrogens with one attached hydrogen (secondary N) is 1. The SMILES string of the molecule is C[C@@H]1CN(Cc2cncc(F)c2)CCN1. The number of aromatic nitrogens is 1. The molecule has 1 aliphatic heterocycles. The molecule has 82 valence electrons. The van der Waals surface area contributed by atoms with Gasteiger partial charge in [0.05, 0.1) is 6.20 Å². The molecule has 1 aromatic heterocycles. The summed E-state index contributed by atoms with van der Waals surface area (Å²) in [6.45, 7) is 5.98. The first kappa shape index (κ1) is 10.5. The van der Waals surface area contributed by atoms with Gasteiger partial charge >= 0.3 is 0 Å². The Bertz CT molecular complexity index is 329. The van der Waals surface area contributed by atoms with Gasteiger partial charge in [0.2, 0.25) is 0 Å². The van der Waals surface area contributed by atoms with Crippen LogP contribution in [0.4, 0.5) is 4.39 Å². The van der Waals surface area contributed by atoms with Crippen LogP contribution in [0.15, 0.2) is 18.5 Å². The van der Waals surface area contributed by atoms with Crippen molar-refractivity contribution in [2.75, 3.05) is 19.6 Å². The largest absolute Gasteiger partial charge is 0.312 e. The van der Waals surface area contributed by atoms with E-state index < -0.39 is 0 Å². The fraction of sp³-hybridized carbons (Fsp3) is 0.545. The molecule has 2 heterocycles. The summed E-state index contributed by atoms with van der Waals surface area (Å²) in [5.74, 6) is -0.254. The summed E-state index contributed by atoms with van der Waals surface area (Å²) in [5, 5.41) is 3.38. The zero-order valence-electron chi connectivity index (χ0n) is 8.91.